The Labute approximate surface area is 517 Å². The topological polar surface area (TPSA) is 175 Å². The van der Waals surface area contributed by atoms with Gasteiger partial charge in [0.25, 0.3) is 0 Å². The fraction of sp³-hybridized carbons (Fsp3) is 0.890. The molecule has 8 atom stereocenters. The van der Waals surface area contributed by atoms with Gasteiger partial charge < -0.3 is 45.1 Å². The Morgan fingerprint density at radius 2 is 0.821 bits per heavy atom. The van der Waals surface area contributed by atoms with Crippen LogP contribution in [0.15, 0.2) is 36.5 Å². The van der Waals surface area contributed by atoms with Crippen LogP contribution in [0.3, 0.4) is 0 Å². The number of hydrogen-bond donors (Lipinski definition) is 6. The van der Waals surface area contributed by atoms with Gasteiger partial charge >= 0.3 is 5.97 Å². The van der Waals surface area contributed by atoms with E-state index in [9.17, 15) is 35.1 Å². The van der Waals surface area contributed by atoms with E-state index in [1.807, 2.05) is 6.08 Å². The molecule has 1 amide bonds. The van der Waals surface area contributed by atoms with Crippen molar-refractivity contribution in [3.05, 3.63) is 36.5 Å². The SMILES string of the molecule is CCCCC/C=C\C/C=C\CCCCCCCCCCCCCCCC(=O)OC1C(OCC(NC(=O)C(O)CCCCCCCCCCCCCCCCCCCCCC)C(O)/C=C/CCCCCCCCCCCC)OC(CO)C(O)C1O. The van der Waals surface area contributed by atoms with Crippen LogP contribution >= 0.6 is 0 Å². The number of unbranched alkanes of at least 4 members (excludes halogenated alkanes) is 45. The van der Waals surface area contributed by atoms with Crippen molar-refractivity contribution in [3.8, 4) is 0 Å². The molecule has 84 heavy (non-hydrogen) atoms. The highest BCUT2D eigenvalue weighted by Crippen LogP contribution is 2.26. The van der Waals surface area contributed by atoms with Crippen LogP contribution in [-0.4, -0.2) is 99.6 Å². The minimum absolute atomic E-state index is 0.126. The predicted octanol–water partition coefficient (Wildman–Crippen LogP) is 18.6. The van der Waals surface area contributed by atoms with E-state index in [2.05, 4.69) is 50.4 Å². The number of aliphatic hydroxyl groups is 5. The molecule has 0 aromatic rings. The molecule has 1 saturated heterocycles. The molecule has 0 bridgehead atoms. The first kappa shape index (κ1) is 79.9. The van der Waals surface area contributed by atoms with E-state index in [0.717, 1.165) is 64.2 Å². The summed E-state index contributed by atoms with van der Waals surface area (Å²) in [6.07, 6.45) is 64.7. The van der Waals surface area contributed by atoms with Gasteiger partial charge in [0.1, 0.15) is 24.4 Å². The number of allylic oxidation sites excluding steroid dienone is 5. The van der Waals surface area contributed by atoms with Crippen LogP contribution in [0.4, 0.5) is 0 Å². The normalized spacial score (nSPS) is 18.6. The molecule has 1 rings (SSSR count). The molecule has 0 aromatic carbocycles. The molecule has 6 N–H and O–H groups in total. The van der Waals surface area contributed by atoms with Crippen molar-refractivity contribution < 1.29 is 49.3 Å². The predicted molar refractivity (Wildman–Crippen MR) is 352 cm³/mol. The van der Waals surface area contributed by atoms with E-state index in [1.54, 1.807) is 6.08 Å². The second-order valence-electron chi connectivity index (χ2n) is 25.3. The van der Waals surface area contributed by atoms with E-state index in [0.29, 0.717) is 19.3 Å². The van der Waals surface area contributed by atoms with E-state index >= 15 is 0 Å². The molecule has 1 heterocycles. The first-order chi connectivity index (χ1) is 41.2. The van der Waals surface area contributed by atoms with Crippen molar-refractivity contribution >= 4 is 11.9 Å². The minimum Gasteiger partial charge on any atom is -0.454 e. The fourth-order valence-corrected chi connectivity index (χ4v) is 11.6. The Balaban J connectivity index is 2.55. The lowest BCUT2D eigenvalue weighted by Crippen LogP contribution is -2.61. The monoisotopic (exact) mass is 1190 g/mol. The summed E-state index contributed by atoms with van der Waals surface area (Å²) in [4.78, 5) is 26.7. The van der Waals surface area contributed by atoms with E-state index in [1.165, 1.54) is 244 Å². The summed E-state index contributed by atoms with van der Waals surface area (Å²) in [5.41, 5.74) is 0. The van der Waals surface area contributed by atoms with Gasteiger partial charge in [-0.1, -0.05) is 327 Å². The van der Waals surface area contributed by atoms with Gasteiger partial charge in [0.05, 0.1) is 25.4 Å². The largest absolute Gasteiger partial charge is 0.454 e. The van der Waals surface area contributed by atoms with Gasteiger partial charge in [0.15, 0.2) is 12.4 Å². The molecule has 0 saturated carbocycles. The summed E-state index contributed by atoms with van der Waals surface area (Å²) < 4.78 is 17.7. The lowest BCUT2D eigenvalue weighted by Gasteiger charge is -2.41. The average molecular weight is 1190 g/mol. The second-order valence-corrected chi connectivity index (χ2v) is 25.3. The number of carbonyl (C=O) groups excluding carboxylic acids is 2. The molecular weight excluding hydrogens is 1050 g/mol. The Morgan fingerprint density at radius 3 is 1.24 bits per heavy atom. The summed E-state index contributed by atoms with van der Waals surface area (Å²) >= 11 is 0. The van der Waals surface area contributed by atoms with Crippen LogP contribution in [0.2, 0.25) is 0 Å². The third kappa shape index (κ3) is 47.9. The van der Waals surface area contributed by atoms with Crippen molar-refractivity contribution in [1.29, 1.82) is 0 Å². The third-order valence-corrected chi connectivity index (χ3v) is 17.3. The zero-order valence-electron chi connectivity index (χ0n) is 55.0. The van der Waals surface area contributed by atoms with Crippen molar-refractivity contribution in [2.24, 2.45) is 0 Å². The van der Waals surface area contributed by atoms with E-state index < -0.39 is 67.4 Å². The molecule has 0 aromatic heterocycles. The quantitative estimate of drug-likeness (QED) is 0.0195. The number of rotatable bonds is 63. The van der Waals surface area contributed by atoms with Crippen LogP contribution in [-0.2, 0) is 23.8 Å². The maximum atomic E-state index is 13.5. The lowest BCUT2D eigenvalue weighted by atomic mass is 9.99. The van der Waals surface area contributed by atoms with Crippen molar-refractivity contribution in [3.63, 3.8) is 0 Å². The fourth-order valence-electron chi connectivity index (χ4n) is 11.6. The van der Waals surface area contributed by atoms with Crippen molar-refractivity contribution in [2.75, 3.05) is 13.2 Å². The molecule has 494 valence electrons. The molecule has 8 unspecified atom stereocenters. The van der Waals surface area contributed by atoms with Crippen LogP contribution in [0.1, 0.15) is 355 Å². The van der Waals surface area contributed by atoms with Gasteiger partial charge in [-0.25, -0.2) is 0 Å². The van der Waals surface area contributed by atoms with Crippen molar-refractivity contribution in [1.82, 2.24) is 5.32 Å². The zero-order valence-corrected chi connectivity index (χ0v) is 55.0. The van der Waals surface area contributed by atoms with Gasteiger partial charge in [-0.2, -0.15) is 0 Å². The summed E-state index contributed by atoms with van der Waals surface area (Å²) in [6, 6.07) is -1.02. The summed E-state index contributed by atoms with van der Waals surface area (Å²) in [6.45, 7) is 5.82. The third-order valence-electron chi connectivity index (χ3n) is 17.3. The molecule has 1 fully saturated rings. The number of aliphatic hydroxyl groups excluding tert-OH is 5. The highest BCUT2D eigenvalue weighted by molar-refractivity contribution is 5.80. The van der Waals surface area contributed by atoms with Crippen molar-refractivity contribution in [2.45, 2.75) is 404 Å². The van der Waals surface area contributed by atoms with E-state index in [-0.39, 0.29) is 13.0 Å². The molecule has 1 aliphatic rings. The summed E-state index contributed by atoms with van der Waals surface area (Å²) in [5.74, 6) is -1.18. The maximum Gasteiger partial charge on any atom is 0.306 e. The summed E-state index contributed by atoms with van der Waals surface area (Å²) in [5, 5.41) is 57.3. The standard InChI is InChI=1S/C73H137NO10/c1-4-7-10-13-16-19-22-25-27-29-31-33-34-35-37-39-41-43-46-49-52-55-58-61-68(78)84-71-70(80)69(79)67(62-75)83-73(71)82-63-64(65(76)59-56-53-50-47-44-24-21-18-15-12-9-6-3)74-72(81)66(77)60-57-54-51-48-45-42-40-38-36-32-30-28-26-23-20-17-14-11-8-5-2/h16,19,25,27,56,59,64-67,69-71,73,75-77,79-80H,4-15,17-18,20-24,26,28-55,57-58,60-63H2,1-3H3,(H,74,81)/b19-16-,27-25-,59-56+. The van der Waals surface area contributed by atoms with Gasteiger partial charge in [-0.15, -0.1) is 0 Å². The molecule has 0 radical (unpaired) electrons. The lowest BCUT2D eigenvalue weighted by molar-refractivity contribution is -0.305. The second kappa shape index (κ2) is 61.1. The van der Waals surface area contributed by atoms with Gasteiger partial charge in [-0.3, -0.25) is 9.59 Å². The summed E-state index contributed by atoms with van der Waals surface area (Å²) in [7, 11) is 0. The number of esters is 1. The van der Waals surface area contributed by atoms with Crippen LogP contribution < -0.4 is 5.32 Å². The Morgan fingerprint density at radius 1 is 0.464 bits per heavy atom. The number of nitrogens with one attached hydrogen (secondary N) is 1. The van der Waals surface area contributed by atoms with Gasteiger partial charge in [-0.05, 0) is 57.8 Å². The Hall–Kier alpha value is -2.12. The molecular formula is C73H137NO10. The number of amides is 1. The highest BCUT2D eigenvalue weighted by Gasteiger charge is 2.47. The minimum atomic E-state index is -1.61. The maximum absolute atomic E-state index is 13.5. The first-order valence-electron chi connectivity index (χ1n) is 36.3. The zero-order chi connectivity index (χ0) is 61.0. The highest BCUT2D eigenvalue weighted by atomic mass is 16.7. The number of hydrogen-bond acceptors (Lipinski definition) is 10. The molecule has 0 aliphatic carbocycles. The molecule has 11 heteroatoms. The van der Waals surface area contributed by atoms with Crippen LogP contribution in [0.5, 0.6) is 0 Å². The first-order valence-corrected chi connectivity index (χ1v) is 36.3. The molecule has 0 spiro atoms. The average Bonchev–Trinajstić information content (AvgIpc) is 3.65. The molecule has 11 nitrogen and oxygen atoms in total. The Kier molecular flexibility index (Phi) is 58.1. The van der Waals surface area contributed by atoms with Crippen LogP contribution in [0.25, 0.3) is 0 Å². The Bertz CT molecular complexity index is 1510. The molecule has 1 aliphatic heterocycles. The van der Waals surface area contributed by atoms with Crippen LogP contribution in [0, 0.1) is 0 Å². The smallest absolute Gasteiger partial charge is 0.306 e. The van der Waals surface area contributed by atoms with Gasteiger partial charge in [0, 0.05) is 6.42 Å². The number of ether oxygens (including phenoxy) is 3. The number of carbonyl (C=O) groups is 2. The van der Waals surface area contributed by atoms with E-state index in [4.69, 9.17) is 14.2 Å². The van der Waals surface area contributed by atoms with Gasteiger partial charge in [0.2, 0.25) is 5.91 Å².